The topological polar surface area (TPSA) is 20.3 Å². The number of rotatable bonds is 2. The number of piperidine rings is 1. The van der Waals surface area contributed by atoms with Crippen molar-refractivity contribution in [2.75, 3.05) is 6.54 Å². The molecule has 0 aromatic carbocycles. The van der Waals surface area contributed by atoms with E-state index in [0.29, 0.717) is 17.7 Å². The van der Waals surface area contributed by atoms with Gasteiger partial charge in [0.2, 0.25) is 5.91 Å². The van der Waals surface area contributed by atoms with Gasteiger partial charge in [-0.2, -0.15) is 0 Å². The van der Waals surface area contributed by atoms with Crippen molar-refractivity contribution in [3.63, 3.8) is 0 Å². The zero-order valence-electron chi connectivity index (χ0n) is 10.8. The second-order valence-electron chi connectivity index (χ2n) is 6.20. The predicted octanol–water partition coefficient (Wildman–Crippen LogP) is 3.07. The van der Waals surface area contributed by atoms with Gasteiger partial charge in [-0.3, -0.25) is 4.79 Å². The molecule has 0 saturated carbocycles. The lowest BCUT2D eigenvalue weighted by Crippen LogP contribution is -2.49. The van der Waals surface area contributed by atoms with E-state index in [0.717, 1.165) is 13.0 Å². The van der Waals surface area contributed by atoms with Crippen LogP contribution in [0.4, 0.5) is 0 Å². The number of carbonyl (C=O) groups excluding carboxylic acids is 1. The molecule has 1 amide bonds. The van der Waals surface area contributed by atoms with Crippen LogP contribution in [-0.2, 0) is 4.79 Å². The van der Waals surface area contributed by atoms with Crippen LogP contribution in [0, 0.1) is 11.8 Å². The lowest BCUT2D eigenvalue weighted by Gasteiger charge is -2.41. The molecule has 0 aliphatic carbocycles. The highest BCUT2D eigenvalue weighted by Crippen LogP contribution is 2.28. The Kier molecular flexibility index (Phi) is 3.80. The van der Waals surface area contributed by atoms with Gasteiger partial charge in [-0.25, -0.2) is 0 Å². The third kappa shape index (κ3) is 3.51. The Labute approximate surface area is 94.0 Å². The molecule has 0 aromatic heterocycles. The maximum atomic E-state index is 12.0. The van der Waals surface area contributed by atoms with E-state index in [1.165, 1.54) is 12.8 Å². The van der Waals surface area contributed by atoms with E-state index in [9.17, 15) is 4.79 Å². The summed E-state index contributed by atoms with van der Waals surface area (Å²) in [7, 11) is 0. The van der Waals surface area contributed by atoms with Crippen LogP contribution in [0.3, 0.4) is 0 Å². The van der Waals surface area contributed by atoms with Crippen LogP contribution in [0.25, 0.3) is 0 Å². The Morgan fingerprint density at radius 1 is 1.40 bits per heavy atom. The van der Waals surface area contributed by atoms with E-state index in [-0.39, 0.29) is 5.54 Å². The van der Waals surface area contributed by atoms with Crippen molar-refractivity contribution in [1.82, 2.24) is 4.90 Å². The Morgan fingerprint density at radius 3 is 2.40 bits per heavy atom. The first-order chi connectivity index (χ1) is 6.80. The van der Waals surface area contributed by atoms with Crippen LogP contribution in [0.15, 0.2) is 0 Å². The summed E-state index contributed by atoms with van der Waals surface area (Å²) in [5.74, 6) is 1.68. The normalized spacial score (nSPS) is 23.7. The molecule has 15 heavy (non-hydrogen) atoms. The van der Waals surface area contributed by atoms with Crippen LogP contribution < -0.4 is 0 Å². The second kappa shape index (κ2) is 4.54. The Balaban J connectivity index is 2.52. The molecular weight excluding hydrogens is 186 g/mol. The number of nitrogens with zero attached hydrogens (tertiary/aromatic N) is 1. The third-order valence-corrected chi connectivity index (χ3v) is 3.14. The van der Waals surface area contributed by atoms with E-state index in [1.54, 1.807) is 0 Å². The number of likely N-dealkylation sites (tertiary alicyclic amines) is 1. The zero-order chi connectivity index (χ0) is 11.6. The highest BCUT2D eigenvalue weighted by atomic mass is 16.2. The highest BCUT2D eigenvalue weighted by molar-refractivity contribution is 5.78. The van der Waals surface area contributed by atoms with Crippen LogP contribution in [0.5, 0.6) is 0 Å². The van der Waals surface area contributed by atoms with Crippen LogP contribution in [-0.4, -0.2) is 22.9 Å². The molecule has 1 unspecified atom stereocenters. The predicted molar refractivity (Wildman–Crippen MR) is 63.6 cm³/mol. The maximum absolute atomic E-state index is 12.0. The van der Waals surface area contributed by atoms with Gasteiger partial charge >= 0.3 is 0 Å². The van der Waals surface area contributed by atoms with Crippen LogP contribution in [0.2, 0.25) is 0 Å². The smallest absolute Gasteiger partial charge is 0.223 e. The van der Waals surface area contributed by atoms with Crippen molar-refractivity contribution in [3.05, 3.63) is 0 Å². The highest BCUT2D eigenvalue weighted by Gasteiger charge is 2.32. The number of amides is 1. The van der Waals surface area contributed by atoms with Gasteiger partial charge in [-0.05, 0) is 45.4 Å². The lowest BCUT2D eigenvalue weighted by molar-refractivity contribution is -0.140. The largest absolute Gasteiger partial charge is 0.338 e. The van der Waals surface area contributed by atoms with Crippen molar-refractivity contribution in [2.24, 2.45) is 11.8 Å². The minimum absolute atomic E-state index is 0.000115. The molecule has 1 rings (SSSR count). The quantitative estimate of drug-likeness (QED) is 0.687. The van der Waals surface area contributed by atoms with Gasteiger partial charge < -0.3 is 4.90 Å². The fourth-order valence-corrected chi connectivity index (χ4v) is 2.47. The summed E-state index contributed by atoms with van der Waals surface area (Å²) < 4.78 is 0. The van der Waals surface area contributed by atoms with Crippen molar-refractivity contribution in [2.45, 2.75) is 59.4 Å². The van der Waals surface area contributed by atoms with Gasteiger partial charge in [0.15, 0.2) is 0 Å². The summed E-state index contributed by atoms with van der Waals surface area (Å²) in [6.45, 7) is 11.8. The fraction of sp³-hybridized carbons (Fsp3) is 0.923. The zero-order valence-corrected chi connectivity index (χ0v) is 10.8. The summed E-state index contributed by atoms with van der Waals surface area (Å²) in [6.07, 6.45) is 3.14. The van der Waals surface area contributed by atoms with E-state index < -0.39 is 0 Å². The average molecular weight is 211 g/mol. The molecule has 1 aliphatic heterocycles. The van der Waals surface area contributed by atoms with Gasteiger partial charge in [0, 0.05) is 18.5 Å². The summed E-state index contributed by atoms with van der Waals surface area (Å²) >= 11 is 0. The molecule has 0 bridgehead atoms. The molecular formula is C13H25NO. The summed E-state index contributed by atoms with van der Waals surface area (Å²) in [5, 5.41) is 0. The van der Waals surface area contributed by atoms with E-state index in [2.05, 4.69) is 34.6 Å². The third-order valence-electron chi connectivity index (χ3n) is 3.14. The SMILES string of the molecule is CC(C)CC1CCN(C(C)(C)C)C(=O)C1. The van der Waals surface area contributed by atoms with E-state index >= 15 is 0 Å². The molecule has 0 N–H and O–H groups in total. The molecule has 1 heterocycles. The summed E-state index contributed by atoms with van der Waals surface area (Å²) in [5.41, 5.74) is -0.000115. The Morgan fingerprint density at radius 2 is 2.00 bits per heavy atom. The maximum Gasteiger partial charge on any atom is 0.223 e. The summed E-state index contributed by atoms with van der Waals surface area (Å²) in [4.78, 5) is 14.0. The molecule has 1 saturated heterocycles. The van der Waals surface area contributed by atoms with Gasteiger partial charge in [-0.1, -0.05) is 13.8 Å². The molecule has 88 valence electrons. The average Bonchev–Trinajstić information content (AvgIpc) is 1.99. The van der Waals surface area contributed by atoms with Gasteiger partial charge in [0.1, 0.15) is 0 Å². The molecule has 1 atom stereocenters. The molecule has 2 heteroatoms. The number of hydrogen-bond donors (Lipinski definition) is 0. The van der Waals surface area contributed by atoms with E-state index in [4.69, 9.17) is 0 Å². The molecule has 1 fully saturated rings. The molecule has 0 aromatic rings. The fourth-order valence-electron chi connectivity index (χ4n) is 2.47. The first kappa shape index (κ1) is 12.5. The number of carbonyl (C=O) groups is 1. The standard InChI is InChI=1S/C13H25NO/c1-10(2)8-11-6-7-14(12(15)9-11)13(3,4)5/h10-11H,6-9H2,1-5H3. The minimum Gasteiger partial charge on any atom is -0.338 e. The first-order valence-corrected chi connectivity index (χ1v) is 6.11. The van der Waals surface area contributed by atoms with Crippen molar-refractivity contribution in [3.8, 4) is 0 Å². The van der Waals surface area contributed by atoms with Gasteiger partial charge in [0.25, 0.3) is 0 Å². The van der Waals surface area contributed by atoms with E-state index in [1.807, 2.05) is 4.90 Å². The van der Waals surface area contributed by atoms with Crippen molar-refractivity contribution < 1.29 is 4.79 Å². The van der Waals surface area contributed by atoms with Gasteiger partial charge in [-0.15, -0.1) is 0 Å². The van der Waals surface area contributed by atoms with Crippen LogP contribution >= 0.6 is 0 Å². The monoisotopic (exact) mass is 211 g/mol. The summed E-state index contributed by atoms with van der Waals surface area (Å²) in [6, 6.07) is 0. The first-order valence-electron chi connectivity index (χ1n) is 6.11. The second-order valence-corrected chi connectivity index (χ2v) is 6.20. The minimum atomic E-state index is -0.000115. The molecule has 0 spiro atoms. The Hall–Kier alpha value is -0.530. The van der Waals surface area contributed by atoms with Crippen molar-refractivity contribution in [1.29, 1.82) is 0 Å². The lowest BCUT2D eigenvalue weighted by atomic mass is 9.86. The van der Waals surface area contributed by atoms with Gasteiger partial charge in [0.05, 0.1) is 0 Å². The van der Waals surface area contributed by atoms with Crippen LogP contribution in [0.1, 0.15) is 53.9 Å². The number of hydrogen-bond acceptors (Lipinski definition) is 1. The molecule has 2 nitrogen and oxygen atoms in total. The van der Waals surface area contributed by atoms with Crippen molar-refractivity contribution >= 4 is 5.91 Å². The molecule has 0 radical (unpaired) electrons. The molecule has 1 aliphatic rings. The Bertz CT molecular complexity index is 227.